The van der Waals surface area contributed by atoms with Gasteiger partial charge in [-0.1, -0.05) is 194 Å². The zero-order valence-corrected chi connectivity index (χ0v) is 41.4. The van der Waals surface area contributed by atoms with E-state index in [0.717, 1.165) is 38.5 Å². The van der Waals surface area contributed by atoms with Crippen LogP contribution < -0.4 is 30.1 Å². The molecule has 0 amide bonds. The van der Waals surface area contributed by atoms with E-state index in [-0.39, 0.29) is 71.2 Å². The van der Waals surface area contributed by atoms with E-state index >= 15 is 0 Å². The average molecular weight is 1010 g/mol. The molecule has 0 bridgehead atoms. The van der Waals surface area contributed by atoms with Crippen molar-refractivity contribution in [3.05, 3.63) is 0 Å². The fraction of sp³-hybridized carbons (Fsp3) is 1.00. The SMILES string of the molecule is CCCCCCCCCCCCOOB([O-])[O-].CCCCCCCCCCCCOOB([O-])[O-].CCCCCCCCCCCCOOB([O-])[O-].[La+3].[La+3]. The molecule has 306 valence electrons. The summed E-state index contributed by atoms with van der Waals surface area (Å²) in [6, 6.07) is 0. The fourth-order valence-corrected chi connectivity index (χ4v) is 5.26. The van der Waals surface area contributed by atoms with Crippen LogP contribution in [0.3, 0.4) is 0 Å². The van der Waals surface area contributed by atoms with Crippen LogP contribution >= 0.6 is 0 Å². The third-order valence-corrected chi connectivity index (χ3v) is 8.18. The smallest absolute Gasteiger partial charge is 0.868 e. The molecule has 0 aliphatic heterocycles. The Kier molecular flexibility index (Phi) is 73.7. The molecule has 17 heteroatoms. The summed E-state index contributed by atoms with van der Waals surface area (Å²) in [5, 5.41) is 59.4. The van der Waals surface area contributed by atoms with Crippen LogP contribution in [-0.2, 0) is 29.1 Å². The van der Waals surface area contributed by atoms with Gasteiger partial charge >= 0.3 is 71.2 Å². The average Bonchev–Trinajstić information content (AvgIpc) is 3.10. The molecular formula is C36H75B3La2O12. The van der Waals surface area contributed by atoms with Crippen LogP contribution in [0.1, 0.15) is 213 Å². The van der Waals surface area contributed by atoms with Gasteiger partial charge in [0.15, 0.2) is 0 Å². The van der Waals surface area contributed by atoms with Crippen molar-refractivity contribution in [2.45, 2.75) is 213 Å². The summed E-state index contributed by atoms with van der Waals surface area (Å²) >= 11 is 0. The third kappa shape index (κ3) is 75.5. The maximum absolute atomic E-state index is 9.91. The molecule has 0 saturated heterocycles. The number of rotatable bonds is 39. The first-order valence-corrected chi connectivity index (χ1v) is 20.6. The molecule has 0 aliphatic carbocycles. The molecule has 0 fully saturated rings. The standard InChI is InChI=1S/3C12H25BO4.2La/c3*1-2-3-4-5-6-7-8-9-10-11-12-16-17-13(14)15;;/h3*2-12H2,1H3;;/q3*-2;2*+3. The van der Waals surface area contributed by atoms with Crippen molar-refractivity contribution in [1.29, 1.82) is 0 Å². The van der Waals surface area contributed by atoms with Gasteiger partial charge in [0.05, 0.1) is 19.8 Å². The molecule has 12 nitrogen and oxygen atoms in total. The molecule has 0 saturated carbocycles. The summed E-state index contributed by atoms with van der Waals surface area (Å²) in [5.41, 5.74) is 0. The second-order valence-corrected chi connectivity index (χ2v) is 13.2. The minimum absolute atomic E-state index is 0. The second kappa shape index (κ2) is 60.8. The monoisotopic (exact) mass is 1010 g/mol. The van der Waals surface area contributed by atoms with Gasteiger partial charge in [0.25, 0.3) is 0 Å². The minimum atomic E-state index is -2.32. The topological polar surface area (TPSA) is 194 Å². The van der Waals surface area contributed by atoms with Crippen LogP contribution in [0.2, 0.25) is 0 Å². The van der Waals surface area contributed by atoms with Crippen molar-refractivity contribution < 1.29 is 130 Å². The zero-order valence-electron chi connectivity index (χ0n) is 34.1. The van der Waals surface area contributed by atoms with E-state index in [2.05, 4.69) is 49.8 Å². The van der Waals surface area contributed by atoms with Gasteiger partial charge in [0.2, 0.25) is 0 Å². The molecule has 53 heavy (non-hydrogen) atoms. The van der Waals surface area contributed by atoms with Crippen LogP contribution in [0.4, 0.5) is 0 Å². The molecular weight excluding hydrogens is 935 g/mol. The van der Waals surface area contributed by atoms with Gasteiger partial charge < -0.3 is 44.6 Å². The van der Waals surface area contributed by atoms with Gasteiger partial charge in [-0.2, -0.15) is 0 Å². The van der Waals surface area contributed by atoms with Gasteiger partial charge in [0.1, 0.15) is 22.0 Å². The molecule has 0 unspecified atom stereocenters. The number of hydrogen-bond acceptors (Lipinski definition) is 12. The molecule has 0 spiro atoms. The molecule has 0 N–H and O–H groups in total. The summed E-state index contributed by atoms with van der Waals surface area (Å²) in [4.78, 5) is 25.1. The van der Waals surface area contributed by atoms with Crippen molar-refractivity contribution in [2.24, 2.45) is 0 Å². The van der Waals surface area contributed by atoms with E-state index in [0.29, 0.717) is 19.8 Å². The minimum Gasteiger partial charge on any atom is -0.868 e. The van der Waals surface area contributed by atoms with Gasteiger partial charge in [-0.25, -0.2) is 0 Å². The van der Waals surface area contributed by atoms with E-state index in [4.69, 9.17) is 0 Å². The third-order valence-electron chi connectivity index (χ3n) is 8.18. The zero-order chi connectivity index (χ0) is 38.3. The maximum Gasteiger partial charge on any atom is 3.00 e. The van der Waals surface area contributed by atoms with Crippen LogP contribution in [0.25, 0.3) is 0 Å². The van der Waals surface area contributed by atoms with E-state index in [9.17, 15) is 30.1 Å². The predicted molar refractivity (Wildman–Crippen MR) is 194 cm³/mol. The second-order valence-electron chi connectivity index (χ2n) is 13.2. The Morgan fingerprint density at radius 2 is 0.415 bits per heavy atom. The van der Waals surface area contributed by atoms with E-state index in [1.807, 2.05) is 0 Å². The number of hydrogen-bond donors (Lipinski definition) is 0. The van der Waals surface area contributed by atoms with Crippen molar-refractivity contribution in [3.63, 3.8) is 0 Å². The van der Waals surface area contributed by atoms with Crippen molar-refractivity contribution in [3.8, 4) is 0 Å². The van der Waals surface area contributed by atoms with Crippen molar-refractivity contribution >= 4 is 22.0 Å². The Morgan fingerprint density at radius 3 is 0.566 bits per heavy atom. The molecule has 0 rings (SSSR count). The Bertz CT molecular complexity index is 522. The molecule has 0 aromatic heterocycles. The molecule has 0 radical (unpaired) electrons. The molecule has 0 atom stereocenters. The van der Waals surface area contributed by atoms with Crippen LogP contribution in [-0.4, -0.2) is 41.8 Å². The first kappa shape index (κ1) is 64.3. The Morgan fingerprint density at radius 1 is 0.264 bits per heavy atom. The van der Waals surface area contributed by atoms with Crippen LogP contribution in [0.15, 0.2) is 0 Å². The van der Waals surface area contributed by atoms with Crippen molar-refractivity contribution in [1.82, 2.24) is 0 Å². The predicted octanol–water partition coefficient (Wildman–Crippen LogP) is 4.68. The molecule has 0 aromatic carbocycles. The molecule has 0 aliphatic rings. The van der Waals surface area contributed by atoms with Gasteiger partial charge in [-0.05, 0) is 19.3 Å². The summed E-state index contributed by atoms with van der Waals surface area (Å²) in [6.07, 6.45) is 37.2. The van der Waals surface area contributed by atoms with Gasteiger partial charge in [-0.3, -0.25) is 14.7 Å². The summed E-state index contributed by atoms with van der Waals surface area (Å²) in [5.74, 6) is 0. The molecule has 0 aromatic rings. The Balaban J connectivity index is -0.000000213. The molecule has 0 heterocycles. The van der Waals surface area contributed by atoms with E-state index < -0.39 is 22.0 Å². The van der Waals surface area contributed by atoms with Crippen molar-refractivity contribution in [2.75, 3.05) is 19.8 Å². The first-order valence-electron chi connectivity index (χ1n) is 20.6. The first-order chi connectivity index (χ1) is 24.8. The quantitative estimate of drug-likeness (QED) is 0.0358. The maximum atomic E-state index is 9.91. The van der Waals surface area contributed by atoms with Gasteiger partial charge in [0, 0.05) is 0 Å². The summed E-state index contributed by atoms with van der Waals surface area (Å²) in [7, 11) is -6.96. The summed E-state index contributed by atoms with van der Waals surface area (Å²) < 4.78 is 0. The largest absolute Gasteiger partial charge is 3.00 e. The van der Waals surface area contributed by atoms with E-state index in [1.54, 1.807) is 0 Å². The Hall–Kier alpha value is 2.10. The van der Waals surface area contributed by atoms with E-state index in [1.165, 1.54) is 154 Å². The normalized spacial score (nSPS) is 10.4. The Labute approximate surface area is 382 Å². The van der Waals surface area contributed by atoms with Crippen LogP contribution in [0.5, 0.6) is 0 Å². The number of unbranched alkanes of at least 4 members (excludes halogenated alkanes) is 27. The van der Waals surface area contributed by atoms with Gasteiger partial charge in [-0.15, -0.1) is 0 Å². The van der Waals surface area contributed by atoms with Crippen LogP contribution in [0, 0.1) is 71.2 Å². The summed E-state index contributed by atoms with van der Waals surface area (Å²) in [6.45, 7) is 7.72. The fourth-order valence-electron chi connectivity index (χ4n) is 5.26.